The summed E-state index contributed by atoms with van der Waals surface area (Å²) in [7, 11) is 0. The fourth-order valence-corrected chi connectivity index (χ4v) is 10.9. The topological polar surface area (TPSA) is 9.86 Å². The minimum atomic E-state index is 1.14. The average molecular weight is 811 g/mol. The summed E-state index contributed by atoms with van der Waals surface area (Å²) in [6.07, 6.45) is 0. The molecule has 0 saturated heterocycles. The molecule has 0 spiro atoms. The molecule has 0 amide bonds. The predicted molar refractivity (Wildman–Crippen MR) is 271 cm³/mol. The molecule has 0 N–H and O–H groups in total. The number of hydrogen-bond donors (Lipinski definition) is 0. The fraction of sp³-hybridized carbons (Fsp3) is 0. The second-order valence-electron chi connectivity index (χ2n) is 17.3. The van der Waals surface area contributed by atoms with E-state index in [-0.39, 0.29) is 0 Å². The summed E-state index contributed by atoms with van der Waals surface area (Å²) in [5.41, 5.74) is 19.6. The summed E-state index contributed by atoms with van der Waals surface area (Å²) in [6, 6.07) is 85.3. The first kappa shape index (κ1) is 35.2. The largest absolute Gasteiger partial charge is 0.309 e. The Morgan fingerprint density at radius 2 is 0.766 bits per heavy atom. The van der Waals surface area contributed by atoms with Crippen LogP contribution in [0.3, 0.4) is 0 Å². The summed E-state index contributed by atoms with van der Waals surface area (Å²) in [4.78, 5) is 0. The first-order valence-corrected chi connectivity index (χ1v) is 22.2. The van der Waals surface area contributed by atoms with Crippen LogP contribution < -0.4 is 0 Å². The molecular weight excluding hydrogens is 773 g/mol. The number of hydrogen-bond acceptors (Lipinski definition) is 0. The van der Waals surface area contributed by atoms with Gasteiger partial charge in [0.1, 0.15) is 0 Å². The van der Waals surface area contributed by atoms with Gasteiger partial charge in [-0.2, -0.15) is 0 Å². The molecule has 64 heavy (non-hydrogen) atoms. The van der Waals surface area contributed by atoms with Crippen molar-refractivity contribution in [1.82, 2.24) is 9.13 Å². The van der Waals surface area contributed by atoms with Crippen molar-refractivity contribution < 1.29 is 0 Å². The Labute approximate surface area is 370 Å². The molecule has 0 unspecified atom stereocenters. The third-order valence-electron chi connectivity index (χ3n) is 13.8. The number of para-hydroxylation sites is 2. The smallest absolute Gasteiger partial charge is 0.0619 e. The molecule has 1 aliphatic rings. The number of nitrogens with zero attached hydrogens (tertiary/aromatic N) is 2. The van der Waals surface area contributed by atoms with E-state index in [2.05, 4.69) is 240 Å². The van der Waals surface area contributed by atoms with Crippen LogP contribution in [0, 0.1) is 0 Å². The molecule has 0 bridgehead atoms. The molecule has 296 valence electrons. The molecule has 11 aromatic carbocycles. The van der Waals surface area contributed by atoms with Gasteiger partial charge < -0.3 is 9.13 Å². The van der Waals surface area contributed by atoms with E-state index in [0.717, 1.165) is 11.4 Å². The first-order chi connectivity index (χ1) is 31.7. The van der Waals surface area contributed by atoms with E-state index in [0.29, 0.717) is 0 Å². The van der Waals surface area contributed by atoms with Crippen LogP contribution in [-0.2, 0) is 0 Å². The summed E-state index contributed by atoms with van der Waals surface area (Å²) >= 11 is 0. The quantitative estimate of drug-likeness (QED) is 0.164. The highest BCUT2D eigenvalue weighted by molar-refractivity contribution is 6.20. The standard InChI is InChI=1S/C62H38N2/c1-2-15-47(16-3-1)63-58-22-7-6-19-51(58)52-32-29-45(37-59(52)63)46-30-33-53-56-34-27-41-11-4-5-18-49(41)62(56)64(60(53)38-46)48-17-8-14-43(35-48)39-23-25-40(26-24-39)44-28-31-50-54-20-9-12-42-13-10-21-55(61(42)54)57(50)36-44/h1-38H. The monoisotopic (exact) mass is 810 g/mol. The van der Waals surface area contributed by atoms with Gasteiger partial charge in [-0.1, -0.05) is 182 Å². The van der Waals surface area contributed by atoms with E-state index >= 15 is 0 Å². The molecule has 0 aliphatic heterocycles. The molecule has 2 nitrogen and oxygen atoms in total. The van der Waals surface area contributed by atoms with Crippen molar-refractivity contribution in [3.05, 3.63) is 231 Å². The lowest BCUT2D eigenvalue weighted by molar-refractivity contribution is 1.18. The normalized spacial score (nSPS) is 12.1. The summed E-state index contributed by atoms with van der Waals surface area (Å²) < 4.78 is 4.90. The fourth-order valence-electron chi connectivity index (χ4n) is 10.9. The molecule has 2 aromatic heterocycles. The molecule has 1 aliphatic carbocycles. The van der Waals surface area contributed by atoms with Gasteiger partial charge in [-0.3, -0.25) is 0 Å². The number of rotatable bonds is 5. The minimum Gasteiger partial charge on any atom is -0.309 e. The predicted octanol–water partition coefficient (Wildman–Crippen LogP) is 16.8. The van der Waals surface area contributed by atoms with Gasteiger partial charge >= 0.3 is 0 Å². The Balaban J connectivity index is 0.897. The van der Waals surface area contributed by atoms with Gasteiger partial charge in [0, 0.05) is 38.3 Å². The highest BCUT2D eigenvalue weighted by atomic mass is 15.0. The molecule has 0 radical (unpaired) electrons. The molecule has 14 rings (SSSR count). The van der Waals surface area contributed by atoms with Crippen LogP contribution in [0.15, 0.2) is 231 Å². The van der Waals surface area contributed by atoms with E-state index in [1.54, 1.807) is 0 Å². The van der Waals surface area contributed by atoms with Crippen LogP contribution in [0.4, 0.5) is 0 Å². The second kappa shape index (κ2) is 13.5. The highest BCUT2D eigenvalue weighted by Crippen LogP contribution is 2.48. The van der Waals surface area contributed by atoms with E-state index in [9.17, 15) is 0 Å². The second-order valence-corrected chi connectivity index (χ2v) is 17.3. The van der Waals surface area contributed by atoms with Crippen molar-refractivity contribution >= 4 is 65.2 Å². The first-order valence-electron chi connectivity index (χ1n) is 22.2. The zero-order valence-electron chi connectivity index (χ0n) is 34.8. The Kier molecular flexibility index (Phi) is 7.43. The van der Waals surface area contributed by atoms with Gasteiger partial charge in [0.25, 0.3) is 0 Å². The molecule has 2 heteroatoms. The zero-order valence-corrected chi connectivity index (χ0v) is 34.8. The van der Waals surface area contributed by atoms with Crippen LogP contribution >= 0.6 is 0 Å². The van der Waals surface area contributed by atoms with Gasteiger partial charge in [0.2, 0.25) is 0 Å². The van der Waals surface area contributed by atoms with Crippen LogP contribution in [0.25, 0.3) is 132 Å². The lowest BCUT2D eigenvalue weighted by atomic mass is 9.96. The van der Waals surface area contributed by atoms with Crippen molar-refractivity contribution in [2.75, 3.05) is 0 Å². The van der Waals surface area contributed by atoms with Gasteiger partial charge in [0.05, 0.1) is 22.1 Å². The Morgan fingerprint density at radius 1 is 0.234 bits per heavy atom. The molecule has 2 heterocycles. The number of benzene rings is 11. The molecule has 13 aromatic rings. The Morgan fingerprint density at radius 3 is 1.55 bits per heavy atom. The van der Waals surface area contributed by atoms with Crippen molar-refractivity contribution in [2.24, 2.45) is 0 Å². The number of aromatic nitrogens is 2. The van der Waals surface area contributed by atoms with Crippen molar-refractivity contribution in [3.8, 4) is 67.0 Å². The maximum absolute atomic E-state index is 2.50. The van der Waals surface area contributed by atoms with Crippen molar-refractivity contribution in [1.29, 1.82) is 0 Å². The minimum absolute atomic E-state index is 1.14. The lowest BCUT2D eigenvalue weighted by Gasteiger charge is -2.13. The SMILES string of the molecule is c1ccc(-n2c3ccccc3c3ccc(-c4ccc5c6ccc7ccccc7c6n(-c6cccc(-c7ccc(-c8ccc9c(c8)-c8cccc%10cccc-9c8%10)cc7)c6)c5c4)cc32)cc1. The maximum atomic E-state index is 2.50. The lowest BCUT2D eigenvalue weighted by Crippen LogP contribution is -1.95. The third-order valence-corrected chi connectivity index (χ3v) is 13.8. The highest BCUT2D eigenvalue weighted by Gasteiger charge is 2.22. The third kappa shape index (κ3) is 5.14. The summed E-state index contributed by atoms with van der Waals surface area (Å²) in [6.45, 7) is 0. The van der Waals surface area contributed by atoms with Gasteiger partial charge in [0.15, 0.2) is 0 Å². The molecular formula is C62H38N2. The van der Waals surface area contributed by atoms with Gasteiger partial charge in [-0.05, 0) is 120 Å². The number of fused-ring (bicyclic) bond motifs is 11. The molecule has 0 atom stereocenters. The zero-order chi connectivity index (χ0) is 41.9. The van der Waals surface area contributed by atoms with Crippen LogP contribution in [0.5, 0.6) is 0 Å². The average Bonchev–Trinajstić information content (AvgIpc) is 4.00. The Bertz CT molecular complexity index is 4050. The van der Waals surface area contributed by atoms with Crippen LogP contribution in [0.1, 0.15) is 0 Å². The molecule has 0 fully saturated rings. The van der Waals surface area contributed by atoms with Crippen molar-refractivity contribution in [3.63, 3.8) is 0 Å². The van der Waals surface area contributed by atoms with Gasteiger partial charge in [-0.25, -0.2) is 0 Å². The maximum Gasteiger partial charge on any atom is 0.0619 e. The Hall–Kier alpha value is -8.46. The van der Waals surface area contributed by atoms with E-state index in [1.165, 1.54) is 121 Å². The van der Waals surface area contributed by atoms with Gasteiger partial charge in [-0.15, -0.1) is 0 Å². The van der Waals surface area contributed by atoms with Crippen LogP contribution in [-0.4, -0.2) is 9.13 Å². The summed E-state index contributed by atoms with van der Waals surface area (Å²) in [5.74, 6) is 0. The molecule has 0 saturated carbocycles. The van der Waals surface area contributed by atoms with Crippen molar-refractivity contribution in [2.45, 2.75) is 0 Å². The van der Waals surface area contributed by atoms with E-state index in [1.807, 2.05) is 0 Å². The van der Waals surface area contributed by atoms with E-state index in [4.69, 9.17) is 0 Å². The van der Waals surface area contributed by atoms with Crippen LogP contribution in [0.2, 0.25) is 0 Å². The van der Waals surface area contributed by atoms with E-state index < -0.39 is 0 Å². The summed E-state index contributed by atoms with van der Waals surface area (Å²) in [5, 5.41) is 10.2.